The Bertz CT molecular complexity index is 605. The number of hydrogen-bond acceptors (Lipinski definition) is 3. The van der Waals surface area contributed by atoms with Gasteiger partial charge in [-0.15, -0.1) is 0 Å². The number of benzene rings is 1. The van der Waals surface area contributed by atoms with Crippen molar-refractivity contribution in [3.05, 3.63) is 30.0 Å². The molecule has 0 saturated heterocycles. The summed E-state index contributed by atoms with van der Waals surface area (Å²) in [7, 11) is 1.55. The zero-order chi connectivity index (χ0) is 13.8. The van der Waals surface area contributed by atoms with Crippen LogP contribution < -0.4 is 5.32 Å². The van der Waals surface area contributed by atoms with E-state index >= 15 is 0 Å². The summed E-state index contributed by atoms with van der Waals surface area (Å²) in [6.45, 7) is 2.38. The van der Waals surface area contributed by atoms with E-state index in [1.807, 2.05) is 13.0 Å². The van der Waals surface area contributed by atoms with E-state index in [2.05, 4.69) is 15.5 Å². The van der Waals surface area contributed by atoms with Crippen LogP contribution in [0.4, 0.5) is 0 Å². The molecule has 2 amide bonds. The number of carbonyl (C=O) groups is 2. The van der Waals surface area contributed by atoms with Crippen molar-refractivity contribution in [1.29, 1.82) is 0 Å². The van der Waals surface area contributed by atoms with Crippen LogP contribution in [0.15, 0.2) is 24.4 Å². The first-order valence-electron chi connectivity index (χ1n) is 6.08. The maximum Gasteiger partial charge on any atom is 0.254 e. The Balaban J connectivity index is 2.23. The number of rotatable bonds is 4. The van der Waals surface area contributed by atoms with Crippen LogP contribution in [-0.4, -0.2) is 47.0 Å². The van der Waals surface area contributed by atoms with Gasteiger partial charge in [-0.25, -0.2) is 0 Å². The molecule has 1 aromatic carbocycles. The minimum atomic E-state index is -0.183. The highest BCUT2D eigenvalue weighted by molar-refractivity contribution is 5.99. The molecule has 0 unspecified atom stereocenters. The Morgan fingerprint density at radius 3 is 2.89 bits per heavy atom. The lowest BCUT2D eigenvalue weighted by Gasteiger charge is -2.19. The Morgan fingerprint density at radius 1 is 1.42 bits per heavy atom. The van der Waals surface area contributed by atoms with Crippen LogP contribution in [0, 0.1) is 0 Å². The Hall–Kier alpha value is -2.37. The number of carbonyl (C=O) groups excluding carboxylic acids is 2. The van der Waals surface area contributed by atoms with Gasteiger partial charge in [-0.3, -0.25) is 14.7 Å². The van der Waals surface area contributed by atoms with E-state index in [9.17, 15) is 9.59 Å². The van der Waals surface area contributed by atoms with E-state index in [0.717, 1.165) is 10.9 Å². The zero-order valence-electron chi connectivity index (χ0n) is 10.9. The normalized spacial score (nSPS) is 10.4. The molecule has 1 heterocycles. The topological polar surface area (TPSA) is 78.1 Å². The summed E-state index contributed by atoms with van der Waals surface area (Å²) in [5.74, 6) is -0.347. The van der Waals surface area contributed by atoms with Gasteiger partial charge in [0.1, 0.15) is 0 Å². The van der Waals surface area contributed by atoms with E-state index < -0.39 is 0 Å². The molecule has 0 fully saturated rings. The van der Waals surface area contributed by atoms with Crippen molar-refractivity contribution in [2.24, 2.45) is 0 Å². The van der Waals surface area contributed by atoms with Crippen LogP contribution in [0.1, 0.15) is 17.3 Å². The van der Waals surface area contributed by atoms with Crippen molar-refractivity contribution in [1.82, 2.24) is 20.4 Å². The van der Waals surface area contributed by atoms with Crippen molar-refractivity contribution in [3.63, 3.8) is 0 Å². The van der Waals surface area contributed by atoms with Crippen molar-refractivity contribution in [3.8, 4) is 0 Å². The molecule has 0 spiro atoms. The molecular weight excluding hydrogens is 244 g/mol. The van der Waals surface area contributed by atoms with Crippen molar-refractivity contribution < 1.29 is 9.59 Å². The first kappa shape index (κ1) is 13.1. The maximum atomic E-state index is 12.3. The third-order valence-electron chi connectivity index (χ3n) is 2.97. The van der Waals surface area contributed by atoms with Gasteiger partial charge >= 0.3 is 0 Å². The van der Waals surface area contributed by atoms with Gasteiger partial charge in [-0.05, 0) is 19.1 Å². The molecule has 0 bridgehead atoms. The van der Waals surface area contributed by atoms with Gasteiger partial charge in [-0.2, -0.15) is 5.10 Å². The van der Waals surface area contributed by atoms with Gasteiger partial charge in [0.2, 0.25) is 5.91 Å². The molecule has 6 nitrogen and oxygen atoms in total. The standard InChI is InChI=1S/C13H16N4O2/c1-3-17(8-12(18)14-2)13(19)9-4-5-10-7-15-16-11(10)6-9/h4-7H,3,8H2,1-2H3,(H,14,18)(H,15,16). The second-order valence-corrected chi connectivity index (χ2v) is 4.16. The summed E-state index contributed by atoms with van der Waals surface area (Å²) in [4.78, 5) is 25.2. The summed E-state index contributed by atoms with van der Waals surface area (Å²) in [6, 6.07) is 5.32. The minimum absolute atomic E-state index is 0.0623. The molecule has 0 aliphatic heterocycles. The molecule has 0 radical (unpaired) electrons. The lowest BCUT2D eigenvalue weighted by Crippen LogP contribution is -2.39. The Morgan fingerprint density at radius 2 is 2.21 bits per heavy atom. The molecule has 2 rings (SSSR count). The van der Waals surface area contributed by atoms with Crippen molar-refractivity contribution in [2.75, 3.05) is 20.1 Å². The molecule has 2 aromatic rings. The number of H-pyrrole nitrogens is 1. The lowest BCUT2D eigenvalue weighted by molar-refractivity contribution is -0.121. The number of fused-ring (bicyclic) bond motifs is 1. The van der Waals surface area contributed by atoms with Crippen LogP contribution in [0.2, 0.25) is 0 Å². The number of hydrogen-bond donors (Lipinski definition) is 2. The first-order valence-corrected chi connectivity index (χ1v) is 6.08. The minimum Gasteiger partial charge on any atom is -0.358 e. The fourth-order valence-corrected chi connectivity index (χ4v) is 1.83. The van der Waals surface area contributed by atoms with E-state index in [-0.39, 0.29) is 18.4 Å². The van der Waals surface area contributed by atoms with Crippen LogP contribution in [0.5, 0.6) is 0 Å². The first-order chi connectivity index (χ1) is 9.15. The molecule has 0 aliphatic rings. The monoisotopic (exact) mass is 260 g/mol. The molecule has 0 saturated carbocycles. The second kappa shape index (κ2) is 5.51. The number of aromatic nitrogens is 2. The summed E-state index contributed by atoms with van der Waals surface area (Å²) in [5.41, 5.74) is 1.35. The molecule has 0 atom stereocenters. The van der Waals surface area contributed by atoms with Gasteiger partial charge in [0.15, 0.2) is 0 Å². The fourth-order valence-electron chi connectivity index (χ4n) is 1.83. The fraction of sp³-hybridized carbons (Fsp3) is 0.308. The van der Waals surface area contributed by atoms with Crippen LogP contribution in [-0.2, 0) is 4.79 Å². The third kappa shape index (κ3) is 2.73. The molecular formula is C13H16N4O2. The predicted molar refractivity (Wildman–Crippen MR) is 71.7 cm³/mol. The zero-order valence-corrected chi connectivity index (χ0v) is 10.9. The number of nitrogens with one attached hydrogen (secondary N) is 2. The molecule has 1 aromatic heterocycles. The van der Waals surface area contributed by atoms with Crippen LogP contribution in [0.3, 0.4) is 0 Å². The predicted octanol–water partition coefficient (Wildman–Crippen LogP) is 0.771. The molecule has 100 valence electrons. The SMILES string of the molecule is CCN(CC(=O)NC)C(=O)c1ccc2cn[nH]c2c1. The van der Waals surface area contributed by atoms with E-state index in [1.54, 1.807) is 25.4 Å². The van der Waals surface area contributed by atoms with Gasteiger partial charge in [0.05, 0.1) is 18.3 Å². The Labute approximate surface area is 110 Å². The smallest absolute Gasteiger partial charge is 0.254 e. The van der Waals surface area contributed by atoms with E-state index in [0.29, 0.717) is 12.1 Å². The summed E-state index contributed by atoms with van der Waals surface area (Å²) in [6.07, 6.45) is 1.70. The van der Waals surface area contributed by atoms with Crippen molar-refractivity contribution >= 4 is 22.7 Å². The average molecular weight is 260 g/mol. The maximum absolute atomic E-state index is 12.3. The molecule has 2 N–H and O–H groups in total. The highest BCUT2D eigenvalue weighted by Crippen LogP contribution is 2.14. The quantitative estimate of drug-likeness (QED) is 0.852. The lowest BCUT2D eigenvalue weighted by atomic mass is 10.1. The largest absolute Gasteiger partial charge is 0.358 e. The molecule has 0 aliphatic carbocycles. The summed E-state index contributed by atoms with van der Waals surface area (Å²) in [5, 5.41) is 10.2. The molecule has 19 heavy (non-hydrogen) atoms. The summed E-state index contributed by atoms with van der Waals surface area (Å²) < 4.78 is 0. The summed E-state index contributed by atoms with van der Waals surface area (Å²) >= 11 is 0. The van der Waals surface area contributed by atoms with Crippen LogP contribution >= 0.6 is 0 Å². The highest BCUT2D eigenvalue weighted by Gasteiger charge is 2.17. The van der Waals surface area contributed by atoms with E-state index in [4.69, 9.17) is 0 Å². The average Bonchev–Trinajstić information content (AvgIpc) is 2.90. The van der Waals surface area contributed by atoms with Crippen LogP contribution in [0.25, 0.3) is 10.9 Å². The van der Waals surface area contributed by atoms with Gasteiger partial charge in [0, 0.05) is 24.5 Å². The van der Waals surface area contributed by atoms with E-state index in [1.165, 1.54) is 4.90 Å². The second-order valence-electron chi connectivity index (χ2n) is 4.16. The number of amides is 2. The number of likely N-dealkylation sites (N-methyl/N-ethyl adjacent to an activating group) is 2. The number of aromatic amines is 1. The third-order valence-corrected chi connectivity index (χ3v) is 2.97. The van der Waals surface area contributed by atoms with Gasteiger partial charge in [-0.1, -0.05) is 6.07 Å². The van der Waals surface area contributed by atoms with Crippen molar-refractivity contribution in [2.45, 2.75) is 6.92 Å². The number of nitrogens with zero attached hydrogens (tertiary/aromatic N) is 2. The Kier molecular flexibility index (Phi) is 3.79. The van der Waals surface area contributed by atoms with Gasteiger partial charge < -0.3 is 10.2 Å². The van der Waals surface area contributed by atoms with Gasteiger partial charge in [0.25, 0.3) is 5.91 Å². The molecule has 6 heteroatoms. The highest BCUT2D eigenvalue weighted by atomic mass is 16.2.